The molecule has 1 amide bonds. The molecule has 9 heteroatoms. The van der Waals surface area contributed by atoms with Gasteiger partial charge in [0.2, 0.25) is 0 Å². The van der Waals surface area contributed by atoms with E-state index in [1.165, 1.54) is 17.3 Å². The number of likely N-dealkylation sites (N-methyl/N-ethyl adjacent to an activating group) is 1. The number of allylic oxidation sites excluding steroid dienone is 4. The van der Waals surface area contributed by atoms with Crippen molar-refractivity contribution in [2.75, 3.05) is 32.0 Å². The lowest BCUT2D eigenvalue weighted by Gasteiger charge is -2.37. The van der Waals surface area contributed by atoms with Crippen LogP contribution in [0.25, 0.3) is 22.2 Å². The van der Waals surface area contributed by atoms with Gasteiger partial charge in [-0.25, -0.2) is 0 Å². The molecule has 0 spiro atoms. The molecule has 40 heavy (non-hydrogen) atoms. The molecule has 4 aromatic rings. The summed E-state index contributed by atoms with van der Waals surface area (Å²) < 4.78 is 1.76. The standard InChI is InChI=1S/C31H35N7O2/c1-21-17-37(11-10-36(21)2)18-23-8-9-28-24(12-23)13-29(35-28)27-14-26(16-32-31(27)40)34-30(39)25-15-33-38(20-25)19-22-6-4-3-5-7-22/h4,6-9,12-16,20-21,35H,3,5,10-11,17-19H2,1-2H3,(H,32,40)(H,34,39). The first kappa shape index (κ1) is 26.0. The molecule has 0 saturated carbocycles. The molecular formula is C31H35N7O2. The van der Waals surface area contributed by atoms with Crippen LogP contribution in [-0.4, -0.2) is 68.2 Å². The maximum absolute atomic E-state index is 12.9. The van der Waals surface area contributed by atoms with Crippen molar-refractivity contribution >= 4 is 22.5 Å². The lowest BCUT2D eigenvalue weighted by molar-refractivity contribution is 0.100. The van der Waals surface area contributed by atoms with Gasteiger partial charge in [-0.2, -0.15) is 5.10 Å². The average molecular weight is 538 g/mol. The summed E-state index contributed by atoms with van der Waals surface area (Å²) in [5.41, 5.74) is 5.32. The van der Waals surface area contributed by atoms with E-state index >= 15 is 0 Å². The number of rotatable bonds is 7. The minimum absolute atomic E-state index is 0.224. The Labute approximate surface area is 233 Å². The number of pyridine rings is 1. The van der Waals surface area contributed by atoms with Crippen LogP contribution >= 0.6 is 0 Å². The van der Waals surface area contributed by atoms with Gasteiger partial charge in [0, 0.05) is 55.5 Å². The number of aromatic nitrogens is 4. The molecule has 4 heterocycles. The molecule has 3 aromatic heterocycles. The zero-order valence-corrected chi connectivity index (χ0v) is 23.0. The third-order valence-electron chi connectivity index (χ3n) is 7.90. The second-order valence-corrected chi connectivity index (χ2v) is 10.9. The Balaban J connectivity index is 1.16. The quantitative estimate of drug-likeness (QED) is 0.325. The van der Waals surface area contributed by atoms with Crippen molar-refractivity contribution in [3.05, 3.63) is 94.2 Å². The highest BCUT2D eigenvalue weighted by Crippen LogP contribution is 2.25. The highest BCUT2D eigenvalue weighted by molar-refractivity contribution is 6.04. The molecule has 1 saturated heterocycles. The van der Waals surface area contributed by atoms with Gasteiger partial charge in [-0.15, -0.1) is 0 Å². The van der Waals surface area contributed by atoms with Crippen molar-refractivity contribution in [1.82, 2.24) is 29.5 Å². The number of benzene rings is 1. The number of hydrogen-bond acceptors (Lipinski definition) is 5. The highest BCUT2D eigenvalue weighted by Gasteiger charge is 2.21. The number of anilines is 1. The van der Waals surface area contributed by atoms with Gasteiger partial charge in [0.25, 0.3) is 11.5 Å². The number of nitrogens with one attached hydrogen (secondary N) is 3. The summed E-state index contributed by atoms with van der Waals surface area (Å²) in [6.07, 6.45) is 13.4. The van der Waals surface area contributed by atoms with E-state index in [1.807, 2.05) is 6.07 Å². The third kappa shape index (κ3) is 5.71. The van der Waals surface area contributed by atoms with E-state index in [0.29, 0.717) is 35.1 Å². The summed E-state index contributed by atoms with van der Waals surface area (Å²) in [6.45, 7) is 6.98. The maximum Gasteiger partial charge on any atom is 0.258 e. The Hall–Kier alpha value is -4.21. The molecule has 2 aliphatic rings. The Morgan fingerprint density at radius 3 is 2.88 bits per heavy atom. The largest absolute Gasteiger partial charge is 0.354 e. The van der Waals surface area contributed by atoms with Crippen molar-refractivity contribution in [2.24, 2.45) is 0 Å². The zero-order chi connectivity index (χ0) is 27.6. The van der Waals surface area contributed by atoms with E-state index in [2.05, 4.69) is 80.6 Å². The first-order valence-electron chi connectivity index (χ1n) is 13.9. The number of aromatic amines is 2. The summed E-state index contributed by atoms with van der Waals surface area (Å²) >= 11 is 0. The van der Waals surface area contributed by atoms with Crippen molar-refractivity contribution < 1.29 is 4.79 Å². The molecule has 1 unspecified atom stereocenters. The fourth-order valence-electron chi connectivity index (χ4n) is 5.45. The lowest BCUT2D eigenvalue weighted by Crippen LogP contribution is -2.49. The Morgan fingerprint density at radius 1 is 1.15 bits per heavy atom. The number of fused-ring (bicyclic) bond motifs is 1. The molecule has 206 valence electrons. The smallest absolute Gasteiger partial charge is 0.258 e. The first-order valence-corrected chi connectivity index (χ1v) is 13.9. The van der Waals surface area contributed by atoms with Gasteiger partial charge in [-0.05, 0) is 62.2 Å². The molecule has 1 fully saturated rings. The van der Waals surface area contributed by atoms with Gasteiger partial charge in [0.05, 0.1) is 35.2 Å². The van der Waals surface area contributed by atoms with Gasteiger partial charge in [-0.1, -0.05) is 24.3 Å². The second-order valence-electron chi connectivity index (χ2n) is 10.9. The van der Waals surface area contributed by atoms with E-state index in [9.17, 15) is 9.59 Å². The van der Waals surface area contributed by atoms with Crippen LogP contribution in [0.1, 0.15) is 35.7 Å². The number of carbonyl (C=O) groups excluding carboxylic acids is 1. The average Bonchev–Trinajstić information content (AvgIpc) is 3.59. The van der Waals surface area contributed by atoms with Gasteiger partial charge in [-0.3, -0.25) is 19.2 Å². The minimum atomic E-state index is -0.281. The Kier molecular flexibility index (Phi) is 7.23. The van der Waals surface area contributed by atoms with E-state index in [4.69, 9.17) is 0 Å². The molecule has 1 aliphatic heterocycles. The summed E-state index contributed by atoms with van der Waals surface area (Å²) in [5, 5.41) is 8.29. The molecule has 0 bridgehead atoms. The van der Waals surface area contributed by atoms with Crippen LogP contribution in [0.5, 0.6) is 0 Å². The highest BCUT2D eigenvalue weighted by atomic mass is 16.1. The van der Waals surface area contributed by atoms with Gasteiger partial charge < -0.3 is 20.2 Å². The van der Waals surface area contributed by atoms with Crippen LogP contribution in [0.15, 0.2) is 77.5 Å². The summed E-state index contributed by atoms with van der Waals surface area (Å²) in [7, 11) is 2.18. The Bertz CT molecular complexity index is 1660. The number of piperazine rings is 1. The topological polar surface area (TPSA) is 102 Å². The normalized spacial score (nSPS) is 18.2. The fraction of sp³-hybridized carbons (Fsp3) is 0.323. The molecule has 1 aromatic carbocycles. The van der Waals surface area contributed by atoms with E-state index in [1.54, 1.807) is 23.1 Å². The van der Waals surface area contributed by atoms with Crippen LogP contribution in [-0.2, 0) is 13.1 Å². The number of H-pyrrole nitrogens is 2. The first-order chi connectivity index (χ1) is 19.4. The van der Waals surface area contributed by atoms with Gasteiger partial charge in [0.15, 0.2) is 0 Å². The predicted molar refractivity (Wildman–Crippen MR) is 158 cm³/mol. The zero-order valence-electron chi connectivity index (χ0n) is 23.0. The van der Waals surface area contributed by atoms with E-state index in [-0.39, 0.29) is 11.5 Å². The number of nitrogens with zero attached hydrogens (tertiary/aromatic N) is 4. The van der Waals surface area contributed by atoms with E-state index < -0.39 is 0 Å². The molecule has 3 N–H and O–H groups in total. The van der Waals surface area contributed by atoms with E-state index in [0.717, 1.165) is 49.9 Å². The number of amides is 1. The van der Waals surface area contributed by atoms with Gasteiger partial charge >= 0.3 is 0 Å². The van der Waals surface area contributed by atoms with Crippen molar-refractivity contribution in [3.8, 4) is 11.3 Å². The van der Waals surface area contributed by atoms with Crippen LogP contribution in [0, 0.1) is 0 Å². The van der Waals surface area contributed by atoms with Crippen LogP contribution in [0.2, 0.25) is 0 Å². The molecular weight excluding hydrogens is 502 g/mol. The van der Waals surface area contributed by atoms with Crippen LogP contribution in [0.4, 0.5) is 5.69 Å². The van der Waals surface area contributed by atoms with Crippen molar-refractivity contribution in [1.29, 1.82) is 0 Å². The SMILES string of the molecule is CC1CN(Cc2ccc3[nH]c(-c4cc(NC(=O)c5cnn(CC6=CCCC=C6)c5)c[nH]c4=O)cc3c2)CCN1C. The minimum Gasteiger partial charge on any atom is -0.354 e. The van der Waals surface area contributed by atoms with Crippen molar-refractivity contribution in [2.45, 2.75) is 38.9 Å². The third-order valence-corrected chi connectivity index (χ3v) is 7.90. The second kappa shape index (κ2) is 11.1. The Morgan fingerprint density at radius 2 is 2.05 bits per heavy atom. The fourth-order valence-corrected chi connectivity index (χ4v) is 5.45. The monoisotopic (exact) mass is 537 g/mol. The summed E-state index contributed by atoms with van der Waals surface area (Å²) in [6, 6.07) is 10.7. The molecule has 0 radical (unpaired) electrons. The lowest BCUT2D eigenvalue weighted by atomic mass is 10.1. The van der Waals surface area contributed by atoms with Crippen molar-refractivity contribution in [3.63, 3.8) is 0 Å². The van der Waals surface area contributed by atoms with Gasteiger partial charge in [0.1, 0.15) is 0 Å². The number of carbonyl (C=O) groups is 1. The summed E-state index contributed by atoms with van der Waals surface area (Å²) in [5.74, 6) is -0.281. The van der Waals surface area contributed by atoms with Crippen LogP contribution < -0.4 is 10.9 Å². The molecule has 1 atom stereocenters. The molecule has 1 aliphatic carbocycles. The maximum atomic E-state index is 12.9. The predicted octanol–water partition coefficient (Wildman–Crippen LogP) is 4.38. The summed E-state index contributed by atoms with van der Waals surface area (Å²) in [4.78, 5) is 36.7. The molecule has 6 rings (SSSR count). The number of hydrogen-bond donors (Lipinski definition) is 3. The molecule has 9 nitrogen and oxygen atoms in total. The van der Waals surface area contributed by atoms with Crippen LogP contribution in [0.3, 0.4) is 0 Å².